The molecule has 3 heteroatoms. The number of aryl methyl sites for hydroxylation is 1. The molecule has 2 aliphatic rings. The Morgan fingerprint density at radius 1 is 1.25 bits per heavy atom. The maximum atomic E-state index is 4.44. The third kappa shape index (κ3) is 1.49. The van der Waals surface area contributed by atoms with Gasteiger partial charge in [-0.1, -0.05) is 6.92 Å². The second-order valence-corrected chi connectivity index (χ2v) is 5.11. The first-order chi connectivity index (χ1) is 7.83. The van der Waals surface area contributed by atoms with Gasteiger partial charge in [-0.25, -0.2) is 9.97 Å². The van der Waals surface area contributed by atoms with Crippen LogP contribution in [0.4, 0.5) is 5.82 Å². The van der Waals surface area contributed by atoms with E-state index in [1.807, 2.05) is 0 Å². The average molecular weight is 217 g/mol. The van der Waals surface area contributed by atoms with Gasteiger partial charge in [-0.3, -0.25) is 0 Å². The molecule has 0 spiro atoms. The molecule has 2 aliphatic carbocycles. The number of nitrogens with one attached hydrogen (secondary N) is 1. The minimum absolute atomic E-state index is 0.338. The summed E-state index contributed by atoms with van der Waals surface area (Å²) < 4.78 is 0. The van der Waals surface area contributed by atoms with E-state index in [9.17, 15) is 0 Å². The fourth-order valence-electron chi connectivity index (χ4n) is 2.89. The first kappa shape index (κ1) is 10.1. The molecule has 1 fully saturated rings. The third-order valence-electron chi connectivity index (χ3n) is 4.25. The molecule has 3 nitrogen and oxygen atoms in total. The van der Waals surface area contributed by atoms with Crippen molar-refractivity contribution in [3.05, 3.63) is 17.6 Å². The minimum Gasteiger partial charge on any atom is -0.364 e. The third-order valence-corrected chi connectivity index (χ3v) is 4.25. The van der Waals surface area contributed by atoms with Crippen molar-refractivity contribution in [2.24, 2.45) is 0 Å². The molecule has 0 radical (unpaired) electrons. The van der Waals surface area contributed by atoms with E-state index in [1.54, 1.807) is 6.33 Å². The van der Waals surface area contributed by atoms with Crippen molar-refractivity contribution < 1.29 is 0 Å². The van der Waals surface area contributed by atoms with Crippen molar-refractivity contribution in [1.82, 2.24) is 9.97 Å². The summed E-state index contributed by atoms with van der Waals surface area (Å²) in [7, 11) is 0. The zero-order chi connectivity index (χ0) is 11.0. The highest BCUT2D eigenvalue weighted by Crippen LogP contribution is 2.39. The monoisotopic (exact) mass is 217 g/mol. The van der Waals surface area contributed by atoms with E-state index in [0.29, 0.717) is 5.54 Å². The van der Waals surface area contributed by atoms with Gasteiger partial charge in [-0.05, 0) is 44.9 Å². The van der Waals surface area contributed by atoms with Crippen molar-refractivity contribution >= 4 is 5.82 Å². The quantitative estimate of drug-likeness (QED) is 0.846. The molecule has 3 rings (SSSR count). The molecule has 1 aromatic rings. The van der Waals surface area contributed by atoms with Crippen LogP contribution in [0.15, 0.2) is 6.33 Å². The number of aromatic nitrogens is 2. The van der Waals surface area contributed by atoms with E-state index in [0.717, 1.165) is 18.7 Å². The van der Waals surface area contributed by atoms with Gasteiger partial charge in [0.1, 0.15) is 12.1 Å². The number of hydrogen-bond donors (Lipinski definition) is 1. The number of anilines is 1. The number of rotatable bonds is 3. The summed E-state index contributed by atoms with van der Waals surface area (Å²) in [5.41, 5.74) is 2.98. The van der Waals surface area contributed by atoms with Gasteiger partial charge >= 0.3 is 0 Å². The minimum atomic E-state index is 0.338. The fraction of sp³-hybridized carbons (Fsp3) is 0.692. The number of fused-ring (bicyclic) bond motifs is 1. The van der Waals surface area contributed by atoms with E-state index in [4.69, 9.17) is 0 Å². The first-order valence-electron chi connectivity index (χ1n) is 6.44. The summed E-state index contributed by atoms with van der Waals surface area (Å²) in [4.78, 5) is 8.81. The Balaban J connectivity index is 1.87. The Labute approximate surface area is 96.7 Å². The van der Waals surface area contributed by atoms with E-state index in [1.165, 1.54) is 43.4 Å². The van der Waals surface area contributed by atoms with Crippen molar-refractivity contribution in [1.29, 1.82) is 0 Å². The Hall–Kier alpha value is -1.12. The Morgan fingerprint density at radius 2 is 2.12 bits per heavy atom. The molecule has 0 amide bonds. The van der Waals surface area contributed by atoms with Crippen LogP contribution in [-0.2, 0) is 12.8 Å². The lowest BCUT2D eigenvalue weighted by atomic mass is 9.75. The SMILES string of the molecule is CCC1(Nc2ncnc3c2CCC3)CCC1. The van der Waals surface area contributed by atoms with Gasteiger partial charge in [0.05, 0.1) is 0 Å². The molecule has 1 aromatic heterocycles. The van der Waals surface area contributed by atoms with E-state index < -0.39 is 0 Å². The summed E-state index contributed by atoms with van der Waals surface area (Å²) in [6.07, 6.45) is 10.4. The summed E-state index contributed by atoms with van der Waals surface area (Å²) in [5.74, 6) is 1.11. The Kier molecular flexibility index (Phi) is 2.34. The summed E-state index contributed by atoms with van der Waals surface area (Å²) in [5, 5.41) is 3.69. The molecule has 16 heavy (non-hydrogen) atoms. The van der Waals surface area contributed by atoms with Crippen LogP contribution in [0.5, 0.6) is 0 Å². The van der Waals surface area contributed by atoms with Gasteiger partial charge in [0.25, 0.3) is 0 Å². The summed E-state index contributed by atoms with van der Waals surface area (Å²) >= 11 is 0. The van der Waals surface area contributed by atoms with Gasteiger partial charge < -0.3 is 5.32 Å². The number of nitrogens with zero attached hydrogens (tertiary/aromatic N) is 2. The molecule has 86 valence electrons. The van der Waals surface area contributed by atoms with Crippen LogP contribution >= 0.6 is 0 Å². The topological polar surface area (TPSA) is 37.8 Å². The van der Waals surface area contributed by atoms with E-state index in [-0.39, 0.29) is 0 Å². The lowest BCUT2D eigenvalue weighted by molar-refractivity contribution is 0.268. The van der Waals surface area contributed by atoms with Crippen LogP contribution in [0.25, 0.3) is 0 Å². The van der Waals surface area contributed by atoms with Gasteiger partial charge in [0.15, 0.2) is 0 Å². The van der Waals surface area contributed by atoms with Gasteiger partial charge in [0, 0.05) is 16.8 Å². The maximum absolute atomic E-state index is 4.44. The van der Waals surface area contributed by atoms with E-state index in [2.05, 4.69) is 22.2 Å². The fourth-order valence-corrected chi connectivity index (χ4v) is 2.89. The van der Waals surface area contributed by atoms with Crippen molar-refractivity contribution in [3.63, 3.8) is 0 Å². The van der Waals surface area contributed by atoms with Crippen LogP contribution in [0.2, 0.25) is 0 Å². The first-order valence-corrected chi connectivity index (χ1v) is 6.44. The van der Waals surface area contributed by atoms with Crippen molar-refractivity contribution in [2.45, 2.75) is 57.4 Å². The second kappa shape index (κ2) is 3.72. The Morgan fingerprint density at radius 3 is 2.81 bits per heavy atom. The molecule has 0 unspecified atom stereocenters. The smallest absolute Gasteiger partial charge is 0.133 e. The predicted molar refractivity (Wildman–Crippen MR) is 64.6 cm³/mol. The van der Waals surface area contributed by atoms with Crippen LogP contribution in [-0.4, -0.2) is 15.5 Å². The zero-order valence-corrected chi connectivity index (χ0v) is 9.92. The lowest BCUT2D eigenvalue weighted by Crippen LogP contribution is -2.44. The van der Waals surface area contributed by atoms with Gasteiger partial charge in [-0.15, -0.1) is 0 Å². The standard InChI is InChI=1S/C13H19N3/c1-2-13(7-4-8-13)16-12-10-5-3-6-11(10)14-9-15-12/h9H,2-8H2,1H3,(H,14,15,16). The lowest BCUT2D eigenvalue weighted by Gasteiger charge is -2.42. The van der Waals surface area contributed by atoms with Crippen molar-refractivity contribution in [3.8, 4) is 0 Å². The summed E-state index contributed by atoms with van der Waals surface area (Å²) in [6.45, 7) is 2.27. The highest BCUT2D eigenvalue weighted by atomic mass is 15.1. The highest BCUT2D eigenvalue weighted by molar-refractivity contribution is 5.50. The van der Waals surface area contributed by atoms with Crippen LogP contribution < -0.4 is 5.32 Å². The van der Waals surface area contributed by atoms with Gasteiger partial charge in [-0.2, -0.15) is 0 Å². The molecule has 1 saturated carbocycles. The molecule has 0 bridgehead atoms. The Bertz CT molecular complexity index is 391. The van der Waals surface area contributed by atoms with Crippen LogP contribution in [0, 0.1) is 0 Å². The normalized spacial score (nSPS) is 21.3. The zero-order valence-electron chi connectivity index (χ0n) is 9.92. The van der Waals surface area contributed by atoms with Crippen LogP contribution in [0.1, 0.15) is 50.3 Å². The van der Waals surface area contributed by atoms with Crippen molar-refractivity contribution in [2.75, 3.05) is 5.32 Å². The number of hydrogen-bond acceptors (Lipinski definition) is 3. The molecule has 0 aromatic carbocycles. The maximum Gasteiger partial charge on any atom is 0.133 e. The molecule has 1 heterocycles. The van der Waals surface area contributed by atoms with E-state index >= 15 is 0 Å². The molecule has 0 atom stereocenters. The van der Waals surface area contributed by atoms with Gasteiger partial charge in [0.2, 0.25) is 0 Å². The largest absolute Gasteiger partial charge is 0.364 e. The molecular formula is C13H19N3. The molecular weight excluding hydrogens is 198 g/mol. The molecule has 1 N–H and O–H groups in total. The second-order valence-electron chi connectivity index (χ2n) is 5.11. The average Bonchev–Trinajstić information content (AvgIpc) is 2.72. The molecule has 0 aliphatic heterocycles. The predicted octanol–water partition coefficient (Wildman–Crippen LogP) is 2.71. The molecule has 0 saturated heterocycles. The highest BCUT2D eigenvalue weighted by Gasteiger charge is 2.36. The van der Waals surface area contributed by atoms with Crippen LogP contribution in [0.3, 0.4) is 0 Å². The summed E-state index contributed by atoms with van der Waals surface area (Å²) in [6, 6.07) is 0.